The van der Waals surface area contributed by atoms with Crippen LogP contribution in [-0.4, -0.2) is 62.8 Å². The molecule has 12 nitrogen and oxygen atoms in total. The number of carbonyl (C=O) groups is 3. The Bertz CT molecular complexity index is 1560. The first-order valence-electron chi connectivity index (χ1n) is 17.7. The van der Waals surface area contributed by atoms with E-state index in [0.29, 0.717) is 63.3 Å². The molecule has 2 N–H and O–H groups in total. The number of alkyl carbamates (subject to hydrolysis) is 1. The van der Waals surface area contributed by atoms with Crippen molar-refractivity contribution >= 4 is 29.6 Å². The summed E-state index contributed by atoms with van der Waals surface area (Å²) in [7, 11) is 0. The van der Waals surface area contributed by atoms with Crippen molar-refractivity contribution in [1.29, 1.82) is 5.41 Å². The van der Waals surface area contributed by atoms with Crippen LogP contribution in [0.1, 0.15) is 118 Å². The average Bonchev–Trinajstić information content (AvgIpc) is 3.38. The summed E-state index contributed by atoms with van der Waals surface area (Å²) in [6.07, 6.45) is 4.02. The SMILES string of the molecule is CC(=N)c1ccc(OCCCCn2ccn(CCCCCCCCCC(=NC(=O)OC(C)(C)C)NC(=O)OC(C)(C)C)c2=NC(=O)C(F)(F)F)cc1. The summed E-state index contributed by atoms with van der Waals surface area (Å²) in [4.78, 5) is 43.7. The molecule has 1 aromatic carbocycles. The maximum absolute atomic E-state index is 13.1. The van der Waals surface area contributed by atoms with E-state index in [1.165, 1.54) is 0 Å². The number of unbranched alkanes of at least 4 members (excludes halogenated alkanes) is 7. The zero-order chi connectivity index (χ0) is 39.0. The molecule has 3 amide bonds. The van der Waals surface area contributed by atoms with Crippen molar-refractivity contribution in [3.05, 3.63) is 47.8 Å². The van der Waals surface area contributed by atoms with E-state index in [-0.39, 0.29) is 11.5 Å². The second kappa shape index (κ2) is 20.6. The minimum atomic E-state index is -5.07. The Kier molecular flexibility index (Phi) is 17.3. The molecule has 0 unspecified atom stereocenters. The van der Waals surface area contributed by atoms with Crippen molar-refractivity contribution in [3.63, 3.8) is 0 Å². The van der Waals surface area contributed by atoms with E-state index in [1.54, 1.807) is 94.3 Å². The number of nitrogens with one attached hydrogen (secondary N) is 2. The van der Waals surface area contributed by atoms with E-state index < -0.39 is 35.5 Å². The lowest BCUT2D eigenvalue weighted by atomic mass is 10.1. The van der Waals surface area contributed by atoms with Crippen LogP contribution >= 0.6 is 0 Å². The van der Waals surface area contributed by atoms with Crippen LogP contribution in [0.25, 0.3) is 0 Å². The van der Waals surface area contributed by atoms with Gasteiger partial charge in [0.15, 0.2) is 0 Å². The maximum Gasteiger partial charge on any atom is 0.473 e. The number of hydrogen-bond acceptors (Lipinski definition) is 7. The molecular formula is C37H55F3N6O6. The number of imidazole rings is 1. The molecule has 2 rings (SSSR count). The first-order valence-corrected chi connectivity index (χ1v) is 17.7. The van der Waals surface area contributed by atoms with Crippen LogP contribution in [-0.2, 0) is 27.4 Å². The third kappa shape index (κ3) is 18.2. The van der Waals surface area contributed by atoms with Gasteiger partial charge in [0.25, 0.3) is 0 Å². The van der Waals surface area contributed by atoms with Gasteiger partial charge < -0.3 is 28.8 Å². The van der Waals surface area contributed by atoms with Crippen LogP contribution < -0.4 is 15.7 Å². The zero-order valence-electron chi connectivity index (χ0n) is 31.5. The molecule has 0 aliphatic rings. The second-order valence-electron chi connectivity index (χ2n) is 14.5. The van der Waals surface area contributed by atoms with Gasteiger partial charge in [0, 0.05) is 37.6 Å². The Labute approximate surface area is 304 Å². The van der Waals surface area contributed by atoms with Gasteiger partial charge in [-0.1, -0.05) is 32.1 Å². The fourth-order valence-electron chi connectivity index (χ4n) is 4.89. The third-order valence-corrected chi connectivity index (χ3v) is 7.31. The minimum Gasteiger partial charge on any atom is -0.494 e. The Morgan fingerprint density at radius 3 is 1.81 bits per heavy atom. The van der Waals surface area contributed by atoms with Crippen LogP contribution in [0, 0.1) is 5.41 Å². The maximum atomic E-state index is 13.1. The van der Waals surface area contributed by atoms with Gasteiger partial charge >= 0.3 is 24.3 Å². The van der Waals surface area contributed by atoms with Gasteiger partial charge in [-0.05, 0) is 104 Å². The lowest BCUT2D eigenvalue weighted by molar-refractivity contribution is -0.169. The highest BCUT2D eigenvalue weighted by Crippen LogP contribution is 2.17. The van der Waals surface area contributed by atoms with Gasteiger partial charge in [0.2, 0.25) is 5.62 Å². The molecule has 2 aromatic rings. The van der Waals surface area contributed by atoms with E-state index in [4.69, 9.17) is 19.6 Å². The number of benzene rings is 1. The van der Waals surface area contributed by atoms with E-state index in [2.05, 4.69) is 15.3 Å². The molecule has 1 heterocycles. The summed E-state index contributed by atoms with van der Waals surface area (Å²) in [5.41, 5.74) is -0.221. The van der Waals surface area contributed by atoms with Crippen LogP contribution in [0.2, 0.25) is 0 Å². The van der Waals surface area contributed by atoms with E-state index in [9.17, 15) is 27.6 Å². The van der Waals surface area contributed by atoms with Crippen molar-refractivity contribution in [1.82, 2.24) is 14.5 Å². The van der Waals surface area contributed by atoms with Crippen LogP contribution in [0.3, 0.4) is 0 Å². The van der Waals surface area contributed by atoms with Gasteiger partial charge in [0.05, 0.1) is 6.61 Å². The van der Waals surface area contributed by atoms with Crippen LogP contribution in [0.15, 0.2) is 46.6 Å². The summed E-state index contributed by atoms with van der Waals surface area (Å²) < 4.78 is 58.7. The fraction of sp³-hybridized carbons (Fsp3) is 0.622. The molecular weight excluding hydrogens is 681 g/mol. The van der Waals surface area contributed by atoms with Crippen LogP contribution in [0.4, 0.5) is 22.8 Å². The number of carbonyl (C=O) groups excluding carboxylic acids is 3. The number of hydrogen-bond donors (Lipinski definition) is 2. The topological polar surface area (TPSA) is 149 Å². The van der Waals surface area contributed by atoms with Gasteiger partial charge in [0.1, 0.15) is 22.8 Å². The molecule has 0 aliphatic heterocycles. The molecule has 1 aromatic heterocycles. The van der Waals surface area contributed by atoms with Gasteiger partial charge in [-0.25, -0.2) is 9.59 Å². The first kappa shape index (κ1) is 43.7. The number of alkyl halides is 3. The zero-order valence-corrected chi connectivity index (χ0v) is 31.5. The number of aryl methyl sites for hydroxylation is 2. The number of rotatable bonds is 17. The molecule has 290 valence electrons. The average molecular weight is 737 g/mol. The monoisotopic (exact) mass is 736 g/mol. The van der Waals surface area contributed by atoms with Crippen molar-refractivity contribution in [3.8, 4) is 5.75 Å². The van der Waals surface area contributed by atoms with Crippen molar-refractivity contribution in [2.75, 3.05) is 6.61 Å². The molecule has 52 heavy (non-hydrogen) atoms. The summed E-state index contributed by atoms with van der Waals surface area (Å²) >= 11 is 0. The number of aliphatic imine (C=N–C) groups is 1. The molecule has 0 aliphatic carbocycles. The molecule has 0 saturated heterocycles. The third-order valence-electron chi connectivity index (χ3n) is 7.31. The number of amidine groups is 1. The van der Waals surface area contributed by atoms with E-state index in [0.717, 1.165) is 37.7 Å². The highest BCUT2D eigenvalue weighted by Gasteiger charge is 2.38. The Morgan fingerprint density at radius 2 is 1.29 bits per heavy atom. The molecule has 0 bridgehead atoms. The van der Waals surface area contributed by atoms with Gasteiger partial charge in [-0.2, -0.15) is 23.2 Å². The largest absolute Gasteiger partial charge is 0.494 e. The quantitative estimate of drug-likeness (QED) is 0.0945. The summed E-state index contributed by atoms with van der Waals surface area (Å²) in [6, 6.07) is 7.19. The van der Waals surface area contributed by atoms with Gasteiger partial charge in [-0.3, -0.25) is 10.1 Å². The standard InChI is InChI=1S/C37H55F3N6O6/c1-27(41)28-18-20-29(21-19-28)50-26-16-15-23-46-25-24-45(32(46)44-31(47)37(38,39)40)22-14-12-10-8-9-11-13-17-30(42-33(48)51-35(2,3)4)43-34(49)52-36(5,6)7/h18-21,24-25,41H,8-17,22-23,26H2,1-7H3,(H,42,43,48,49). The van der Waals surface area contributed by atoms with E-state index >= 15 is 0 Å². The van der Waals surface area contributed by atoms with Gasteiger partial charge in [-0.15, -0.1) is 0 Å². The predicted molar refractivity (Wildman–Crippen MR) is 193 cm³/mol. The second-order valence-corrected chi connectivity index (χ2v) is 14.5. The Balaban J connectivity index is 1.83. The lowest BCUT2D eigenvalue weighted by Gasteiger charge is -2.20. The normalized spacial score (nSPS) is 12.8. The minimum absolute atomic E-state index is 0.0373. The Hall–Kier alpha value is -4.43. The number of halogens is 3. The summed E-state index contributed by atoms with van der Waals surface area (Å²) in [6.45, 7) is 13.3. The van der Waals surface area contributed by atoms with E-state index in [1.807, 2.05) is 0 Å². The number of amides is 3. The number of nitrogens with zero attached hydrogens (tertiary/aromatic N) is 4. The van der Waals surface area contributed by atoms with Crippen molar-refractivity contribution < 1.29 is 41.8 Å². The smallest absolute Gasteiger partial charge is 0.473 e. The molecule has 0 fully saturated rings. The molecule has 15 heteroatoms. The fourth-order valence-corrected chi connectivity index (χ4v) is 4.89. The Morgan fingerprint density at radius 1 is 0.769 bits per heavy atom. The lowest BCUT2D eigenvalue weighted by Crippen LogP contribution is -2.37. The molecule has 0 saturated carbocycles. The molecule has 0 atom stereocenters. The number of aromatic nitrogens is 2. The van der Waals surface area contributed by atoms with Crippen molar-refractivity contribution in [2.45, 2.75) is 143 Å². The number of ether oxygens (including phenoxy) is 3. The van der Waals surface area contributed by atoms with Crippen molar-refractivity contribution in [2.24, 2.45) is 9.98 Å². The summed E-state index contributed by atoms with van der Waals surface area (Å²) in [5.74, 6) is -1.30. The first-order chi connectivity index (χ1) is 24.2. The summed E-state index contributed by atoms with van der Waals surface area (Å²) in [5, 5.41) is 10.2. The predicted octanol–water partition coefficient (Wildman–Crippen LogP) is 8.51. The highest BCUT2D eigenvalue weighted by atomic mass is 19.4. The highest BCUT2D eigenvalue weighted by molar-refractivity contribution is 6.00. The molecule has 0 radical (unpaired) electrons. The van der Waals surface area contributed by atoms with Crippen LogP contribution in [0.5, 0.6) is 5.75 Å². The molecule has 0 spiro atoms.